The Morgan fingerprint density at radius 2 is 1.76 bits per heavy atom. The maximum absolute atomic E-state index is 12.1. The van der Waals surface area contributed by atoms with Crippen LogP contribution in [-0.2, 0) is 4.79 Å². The fraction of sp³-hybridized carbons (Fsp3) is 0.200. The minimum absolute atomic E-state index is 0.0636. The zero-order chi connectivity index (χ0) is 17.4. The molecule has 5 heteroatoms. The van der Waals surface area contributed by atoms with Gasteiger partial charge in [0, 0.05) is 25.7 Å². The Balaban J connectivity index is 1.71. The summed E-state index contributed by atoms with van der Waals surface area (Å²) < 4.78 is 0. The number of aromatic nitrogens is 2. The number of carbonyl (C=O) groups is 1. The molecular formula is C20H18N4O. The first-order valence-corrected chi connectivity index (χ1v) is 8.27. The van der Waals surface area contributed by atoms with E-state index in [9.17, 15) is 4.79 Å². The number of nitrogens with zero attached hydrogens (tertiary/aromatic N) is 4. The van der Waals surface area contributed by atoms with Gasteiger partial charge in [-0.25, -0.2) is 5.01 Å². The van der Waals surface area contributed by atoms with E-state index in [0.29, 0.717) is 6.42 Å². The predicted molar refractivity (Wildman–Crippen MR) is 97.1 cm³/mol. The van der Waals surface area contributed by atoms with Gasteiger partial charge in [0.15, 0.2) is 0 Å². The van der Waals surface area contributed by atoms with Gasteiger partial charge in [-0.3, -0.25) is 14.8 Å². The number of hydrogen-bond acceptors (Lipinski definition) is 4. The van der Waals surface area contributed by atoms with E-state index >= 15 is 0 Å². The van der Waals surface area contributed by atoms with Crippen LogP contribution in [0.1, 0.15) is 36.1 Å². The largest absolute Gasteiger partial charge is 0.273 e. The number of hydrogen-bond donors (Lipinski definition) is 0. The second-order valence-electron chi connectivity index (χ2n) is 6.30. The van der Waals surface area contributed by atoms with Crippen molar-refractivity contribution in [1.82, 2.24) is 15.0 Å². The average Bonchev–Trinajstić information content (AvgIpc) is 3.07. The fourth-order valence-electron chi connectivity index (χ4n) is 3.17. The molecule has 2 heterocycles. The predicted octanol–water partition coefficient (Wildman–Crippen LogP) is 3.64. The highest BCUT2D eigenvalue weighted by Crippen LogP contribution is 2.33. The third-order valence-corrected chi connectivity index (χ3v) is 4.50. The fourth-order valence-corrected chi connectivity index (χ4v) is 3.17. The summed E-state index contributed by atoms with van der Waals surface area (Å²) in [5.41, 5.74) is 5.88. The van der Waals surface area contributed by atoms with Gasteiger partial charge >= 0.3 is 0 Å². The summed E-state index contributed by atoms with van der Waals surface area (Å²) in [6.07, 6.45) is 4.05. The van der Waals surface area contributed by atoms with Crippen molar-refractivity contribution in [2.24, 2.45) is 5.10 Å². The van der Waals surface area contributed by atoms with Gasteiger partial charge in [-0.1, -0.05) is 35.9 Å². The van der Waals surface area contributed by atoms with Gasteiger partial charge in [-0.2, -0.15) is 5.10 Å². The molecule has 25 heavy (non-hydrogen) atoms. The molecule has 0 bridgehead atoms. The van der Waals surface area contributed by atoms with Crippen LogP contribution in [0.3, 0.4) is 0 Å². The van der Waals surface area contributed by atoms with Crippen molar-refractivity contribution in [3.8, 4) is 0 Å². The van der Waals surface area contributed by atoms with Crippen molar-refractivity contribution in [2.45, 2.75) is 26.3 Å². The third-order valence-electron chi connectivity index (χ3n) is 4.50. The third kappa shape index (κ3) is 2.89. The monoisotopic (exact) mass is 330 g/mol. The molecular weight excluding hydrogens is 312 g/mol. The molecule has 0 saturated heterocycles. The van der Waals surface area contributed by atoms with Crippen LogP contribution >= 0.6 is 0 Å². The van der Waals surface area contributed by atoms with E-state index in [1.165, 1.54) is 5.56 Å². The van der Waals surface area contributed by atoms with Crippen LogP contribution in [0.4, 0.5) is 0 Å². The molecule has 124 valence electrons. The summed E-state index contributed by atoms with van der Waals surface area (Å²) in [5, 5.41) is 6.17. The lowest BCUT2D eigenvalue weighted by atomic mass is 9.97. The van der Waals surface area contributed by atoms with Gasteiger partial charge in [0.25, 0.3) is 0 Å². The molecule has 5 nitrogen and oxygen atoms in total. The van der Waals surface area contributed by atoms with E-state index in [1.54, 1.807) is 24.3 Å². The van der Waals surface area contributed by atoms with Crippen LogP contribution < -0.4 is 0 Å². The number of amides is 1. The second kappa shape index (κ2) is 6.09. The number of benzene rings is 2. The number of carbonyl (C=O) groups excluding carboxylic acids is 1. The SMILES string of the molecule is CC(=O)N1N=C(c2ccc(C)cc2)C[C@H]1c1ccc2nccnc2c1. The summed E-state index contributed by atoms with van der Waals surface area (Å²) >= 11 is 0. The zero-order valence-electron chi connectivity index (χ0n) is 14.2. The van der Waals surface area contributed by atoms with Crippen LogP contribution in [0.5, 0.6) is 0 Å². The number of fused-ring (bicyclic) bond motifs is 1. The molecule has 0 aliphatic carbocycles. The van der Waals surface area contributed by atoms with Crippen LogP contribution in [0.2, 0.25) is 0 Å². The van der Waals surface area contributed by atoms with E-state index < -0.39 is 0 Å². The minimum Gasteiger partial charge on any atom is -0.273 e. The highest BCUT2D eigenvalue weighted by Gasteiger charge is 2.31. The Hall–Kier alpha value is -3.08. The quantitative estimate of drug-likeness (QED) is 0.721. The summed E-state index contributed by atoms with van der Waals surface area (Å²) in [6, 6.07) is 14.1. The summed E-state index contributed by atoms with van der Waals surface area (Å²) in [5.74, 6) is -0.0636. The summed E-state index contributed by atoms with van der Waals surface area (Å²) in [4.78, 5) is 20.8. The molecule has 0 spiro atoms. The molecule has 1 aromatic heterocycles. The zero-order valence-corrected chi connectivity index (χ0v) is 14.2. The van der Waals surface area contributed by atoms with E-state index in [0.717, 1.165) is 27.9 Å². The molecule has 1 aliphatic rings. The van der Waals surface area contributed by atoms with Crippen molar-refractivity contribution in [1.29, 1.82) is 0 Å². The molecule has 1 amide bonds. The molecule has 0 fully saturated rings. The normalized spacial score (nSPS) is 17.0. The molecule has 4 rings (SSSR count). The smallest absolute Gasteiger partial charge is 0.240 e. The van der Waals surface area contributed by atoms with Crippen molar-refractivity contribution >= 4 is 22.7 Å². The number of hydrazone groups is 1. The standard InChI is InChI=1S/C20H18N4O/c1-13-3-5-15(6-4-13)18-12-20(24(23-18)14(2)25)16-7-8-17-19(11-16)22-10-9-21-17/h3-11,20H,12H2,1-2H3/t20-/m0/s1. The Kier molecular flexibility index (Phi) is 3.76. The second-order valence-corrected chi connectivity index (χ2v) is 6.30. The van der Waals surface area contributed by atoms with Crippen molar-refractivity contribution in [3.63, 3.8) is 0 Å². The average molecular weight is 330 g/mol. The van der Waals surface area contributed by atoms with E-state index in [2.05, 4.69) is 46.3 Å². The lowest BCUT2D eigenvalue weighted by Gasteiger charge is -2.20. The maximum atomic E-state index is 12.1. The van der Waals surface area contributed by atoms with E-state index in [1.807, 2.05) is 18.2 Å². The van der Waals surface area contributed by atoms with E-state index in [-0.39, 0.29) is 11.9 Å². The molecule has 0 saturated carbocycles. The molecule has 0 N–H and O–H groups in total. The molecule has 0 radical (unpaired) electrons. The van der Waals surface area contributed by atoms with Crippen molar-refractivity contribution < 1.29 is 4.79 Å². The molecule has 1 atom stereocenters. The molecule has 1 aliphatic heterocycles. The summed E-state index contributed by atoms with van der Waals surface area (Å²) in [6.45, 7) is 3.61. The number of rotatable bonds is 2. The van der Waals surface area contributed by atoms with Gasteiger partial charge < -0.3 is 0 Å². The lowest BCUT2D eigenvalue weighted by Crippen LogP contribution is -2.24. The topological polar surface area (TPSA) is 58.5 Å². The van der Waals surface area contributed by atoms with Crippen LogP contribution in [0, 0.1) is 6.92 Å². The Labute approximate surface area is 146 Å². The highest BCUT2D eigenvalue weighted by atomic mass is 16.2. The highest BCUT2D eigenvalue weighted by molar-refractivity contribution is 6.03. The Morgan fingerprint density at radius 1 is 1.04 bits per heavy atom. The van der Waals surface area contributed by atoms with Crippen LogP contribution in [-0.4, -0.2) is 26.6 Å². The Morgan fingerprint density at radius 3 is 2.48 bits per heavy atom. The first-order chi connectivity index (χ1) is 12.1. The van der Waals surface area contributed by atoms with Gasteiger partial charge in [-0.05, 0) is 30.2 Å². The van der Waals surface area contributed by atoms with Crippen molar-refractivity contribution in [2.75, 3.05) is 0 Å². The molecule has 0 unspecified atom stereocenters. The van der Waals surface area contributed by atoms with Gasteiger partial charge in [0.2, 0.25) is 5.91 Å². The van der Waals surface area contributed by atoms with Crippen LogP contribution in [0.25, 0.3) is 11.0 Å². The minimum atomic E-state index is -0.111. The van der Waals surface area contributed by atoms with Gasteiger partial charge in [0.05, 0.1) is 22.8 Å². The van der Waals surface area contributed by atoms with Gasteiger partial charge in [-0.15, -0.1) is 0 Å². The van der Waals surface area contributed by atoms with Gasteiger partial charge in [0.1, 0.15) is 0 Å². The van der Waals surface area contributed by atoms with Crippen LogP contribution in [0.15, 0.2) is 60.0 Å². The lowest BCUT2D eigenvalue weighted by molar-refractivity contribution is -0.130. The first-order valence-electron chi connectivity index (χ1n) is 8.27. The maximum Gasteiger partial charge on any atom is 0.240 e. The Bertz CT molecular complexity index is 978. The van der Waals surface area contributed by atoms with Crippen molar-refractivity contribution in [3.05, 3.63) is 71.5 Å². The molecule has 3 aromatic rings. The molecule has 2 aromatic carbocycles. The number of aryl methyl sites for hydroxylation is 1. The first kappa shape index (κ1) is 15.4. The van der Waals surface area contributed by atoms with E-state index in [4.69, 9.17) is 0 Å². The summed E-state index contributed by atoms with van der Waals surface area (Å²) in [7, 11) is 0.